The summed E-state index contributed by atoms with van der Waals surface area (Å²) in [5, 5.41) is 0. The average molecular weight is 966 g/mol. The molecule has 1 unspecified atom stereocenters. The van der Waals surface area contributed by atoms with Crippen molar-refractivity contribution in [1.29, 1.82) is 0 Å². The summed E-state index contributed by atoms with van der Waals surface area (Å²) in [7, 11) is 0. The molecule has 0 amide bonds. The number of rotatable bonds is 54. The first-order valence-corrected chi connectivity index (χ1v) is 29.8. The molecule has 0 spiro atoms. The maximum atomic E-state index is 12.9. The Morgan fingerprint density at radius 1 is 0.290 bits per heavy atom. The van der Waals surface area contributed by atoms with Crippen molar-refractivity contribution in [2.24, 2.45) is 0 Å². The van der Waals surface area contributed by atoms with Crippen LogP contribution in [0.1, 0.15) is 303 Å². The van der Waals surface area contributed by atoms with Crippen molar-refractivity contribution in [1.82, 2.24) is 0 Å². The molecule has 0 fully saturated rings. The van der Waals surface area contributed by atoms with Crippen molar-refractivity contribution in [3.05, 3.63) is 60.8 Å². The zero-order valence-corrected chi connectivity index (χ0v) is 45.8. The van der Waals surface area contributed by atoms with Crippen LogP contribution in [0.5, 0.6) is 0 Å². The normalized spacial score (nSPS) is 12.4. The fourth-order valence-electron chi connectivity index (χ4n) is 8.57. The molecule has 6 nitrogen and oxygen atoms in total. The molecule has 0 saturated carbocycles. The second-order valence-electron chi connectivity index (χ2n) is 20.0. The number of unbranched alkanes of at least 4 members (excludes halogenated alkanes) is 36. The molecule has 0 N–H and O–H groups in total. The molecule has 0 bridgehead atoms. The lowest BCUT2D eigenvalue weighted by Crippen LogP contribution is -2.30. The van der Waals surface area contributed by atoms with Crippen molar-refractivity contribution >= 4 is 17.9 Å². The number of esters is 3. The third-order valence-corrected chi connectivity index (χ3v) is 13.1. The summed E-state index contributed by atoms with van der Waals surface area (Å²) < 4.78 is 16.9. The zero-order chi connectivity index (χ0) is 50.0. The van der Waals surface area contributed by atoms with Crippen molar-refractivity contribution in [2.75, 3.05) is 13.2 Å². The number of hydrogen-bond donors (Lipinski definition) is 0. The first-order valence-electron chi connectivity index (χ1n) is 29.8. The van der Waals surface area contributed by atoms with E-state index in [1.807, 2.05) is 0 Å². The van der Waals surface area contributed by atoms with Crippen LogP contribution in [0.3, 0.4) is 0 Å². The van der Waals surface area contributed by atoms with Crippen molar-refractivity contribution < 1.29 is 28.6 Å². The quantitative estimate of drug-likeness (QED) is 0.0199. The van der Waals surface area contributed by atoms with Gasteiger partial charge in [-0.1, -0.05) is 274 Å². The molecule has 0 aliphatic rings. The van der Waals surface area contributed by atoms with Gasteiger partial charge in [0.1, 0.15) is 13.2 Å². The summed E-state index contributed by atoms with van der Waals surface area (Å²) in [6, 6.07) is 0. The Morgan fingerprint density at radius 2 is 0.536 bits per heavy atom. The largest absolute Gasteiger partial charge is 0.462 e. The fraction of sp³-hybridized carbons (Fsp3) is 0.794. The van der Waals surface area contributed by atoms with Gasteiger partial charge in [-0.05, 0) is 70.6 Å². The molecule has 0 saturated heterocycles. The van der Waals surface area contributed by atoms with Crippen molar-refractivity contribution in [3.8, 4) is 0 Å². The van der Waals surface area contributed by atoms with E-state index >= 15 is 0 Å². The molecule has 0 aliphatic heterocycles. The smallest absolute Gasteiger partial charge is 0.306 e. The van der Waals surface area contributed by atoms with Gasteiger partial charge in [-0.3, -0.25) is 14.4 Å². The van der Waals surface area contributed by atoms with E-state index in [1.54, 1.807) is 0 Å². The van der Waals surface area contributed by atoms with Crippen LogP contribution in [0.4, 0.5) is 0 Å². The molecule has 0 aromatic heterocycles. The molecule has 6 heteroatoms. The second kappa shape index (κ2) is 57.7. The number of carbonyl (C=O) groups is 3. The summed E-state index contributed by atoms with van der Waals surface area (Å²) in [6.45, 7) is 6.61. The Bertz CT molecular complexity index is 1250. The summed E-state index contributed by atoms with van der Waals surface area (Å²) >= 11 is 0. The van der Waals surface area contributed by atoms with E-state index in [0.717, 1.165) is 89.9 Å². The number of hydrogen-bond acceptors (Lipinski definition) is 6. The van der Waals surface area contributed by atoms with Gasteiger partial charge in [-0.2, -0.15) is 0 Å². The minimum Gasteiger partial charge on any atom is -0.462 e. The van der Waals surface area contributed by atoms with Gasteiger partial charge < -0.3 is 14.2 Å². The molecule has 0 heterocycles. The highest BCUT2D eigenvalue weighted by Crippen LogP contribution is 2.16. The Labute approximate surface area is 428 Å². The maximum absolute atomic E-state index is 12.9. The van der Waals surface area contributed by atoms with E-state index in [2.05, 4.69) is 81.5 Å². The second-order valence-corrected chi connectivity index (χ2v) is 20.0. The number of carbonyl (C=O) groups excluding carboxylic acids is 3. The highest BCUT2D eigenvalue weighted by Gasteiger charge is 2.19. The Balaban J connectivity index is 4.42. The number of ether oxygens (including phenoxy) is 3. The molecule has 69 heavy (non-hydrogen) atoms. The number of allylic oxidation sites excluding steroid dienone is 10. The van der Waals surface area contributed by atoms with Crippen LogP contribution in [0.25, 0.3) is 0 Å². The van der Waals surface area contributed by atoms with Gasteiger partial charge in [-0.15, -0.1) is 0 Å². The van der Waals surface area contributed by atoms with E-state index in [0.29, 0.717) is 19.3 Å². The van der Waals surface area contributed by atoms with Crippen LogP contribution in [-0.2, 0) is 28.6 Å². The van der Waals surface area contributed by atoms with Crippen molar-refractivity contribution in [2.45, 2.75) is 309 Å². The summed E-state index contributed by atoms with van der Waals surface area (Å²) in [5.74, 6) is -0.899. The topological polar surface area (TPSA) is 78.9 Å². The predicted octanol–water partition coefficient (Wildman–Crippen LogP) is 20.0. The first kappa shape index (κ1) is 66.1. The molecule has 0 aromatic carbocycles. The predicted molar refractivity (Wildman–Crippen MR) is 298 cm³/mol. The van der Waals surface area contributed by atoms with Crippen molar-refractivity contribution in [3.63, 3.8) is 0 Å². The highest BCUT2D eigenvalue weighted by molar-refractivity contribution is 5.71. The minimum atomic E-state index is -0.786. The third-order valence-electron chi connectivity index (χ3n) is 13.1. The molecule has 0 radical (unpaired) electrons. The van der Waals surface area contributed by atoms with E-state index in [9.17, 15) is 14.4 Å². The molecule has 0 aliphatic carbocycles. The molecular weight excluding hydrogens is 853 g/mol. The molecule has 0 rings (SSSR count). The van der Waals surface area contributed by atoms with Crippen LogP contribution >= 0.6 is 0 Å². The van der Waals surface area contributed by atoms with Crippen LogP contribution in [0.2, 0.25) is 0 Å². The van der Waals surface area contributed by atoms with Gasteiger partial charge in [0.25, 0.3) is 0 Å². The fourth-order valence-corrected chi connectivity index (χ4v) is 8.57. The molecule has 1 atom stereocenters. The standard InChI is InChI=1S/C63H112O6/c1-4-7-10-13-16-19-22-25-28-31-33-35-38-41-44-47-50-53-56-62(65)68-59-60(58-67-61(64)55-52-49-46-43-40-37-34-30-27-24-21-18-15-12-9-6-3)69-63(66)57-54-51-48-45-42-39-36-32-29-26-23-20-17-14-11-8-5-2/h16,19,22,25,28,30-31,33-35,60H,4-15,17-18,20-21,23-24,26-27,29,32,36-59H2,1-3H3/b19-16-,25-22-,31-28-,34-30-,35-33-. The van der Waals surface area contributed by atoms with E-state index < -0.39 is 6.10 Å². The average Bonchev–Trinajstić information content (AvgIpc) is 3.35. The minimum absolute atomic E-state index is 0.0838. The van der Waals surface area contributed by atoms with Gasteiger partial charge in [0.2, 0.25) is 0 Å². The monoisotopic (exact) mass is 965 g/mol. The van der Waals surface area contributed by atoms with E-state index in [4.69, 9.17) is 14.2 Å². The summed E-state index contributed by atoms with van der Waals surface area (Å²) in [5.41, 5.74) is 0. The van der Waals surface area contributed by atoms with Gasteiger partial charge >= 0.3 is 17.9 Å². The van der Waals surface area contributed by atoms with E-state index in [1.165, 1.54) is 173 Å². The SMILES string of the molecule is CCCCC\C=C/C=C\C=C/C=C\CCCCCCCC(=O)OCC(COC(=O)CCCCCCC/C=C\CCCCCCCCC)OC(=O)CCCCCCCCCCCCCCCCCCC. The van der Waals surface area contributed by atoms with Gasteiger partial charge in [-0.25, -0.2) is 0 Å². The van der Waals surface area contributed by atoms with Gasteiger partial charge in [0.05, 0.1) is 0 Å². The first-order chi connectivity index (χ1) is 34.0. The Kier molecular flexibility index (Phi) is 55.3. The lowest BCUT2D eigenvalue weighted by Gasteiger charge is -2.18. The molecule has 0 aromatic rings. The lowest BCUT2D eigenvalue weighted by molar-refractivity contribution is -0.167. The Hall–Kier alpha value is -2.89. The summed E-state index contributed by atoms with van der Waals surface area (Å²) in [6.07, 6.45) is 72.0. The third kappa shape index (κ3) is 55.9. The maximum Gasteiger partial charge on any atom is 0.306 e. The molecular formula is C63H112O6. The van der Waals surface area contributed by atoms with Crippen LogP contribution in [0, 0.1) is 0 Å². The highest BCUT2D eigenvalue weighted by atomic mass is 16.6. The van der Waals surface area contributed by atoms with Crippen LogP contribution < -0.4 is 0 Å². The summed E-state index contributed by atoms with van der Waals surface area (Å²) in [4.78, 5) is 38.2. The van der Waals surface area contributed by atoms with E-state index in [-0.39, 0.29) is 31.1 Å². The van der Waals surface area contributed by atoms with Gasteiger partial charge in [0.15, 0.2) is 6.10 Å². The zero-order valence-electron chi connectivity index (χ0n) is 45.8. The van der Waals surface area contributed by atoms with Gasteiger partial charge in [0, 0.05) is 19.3 Å². The van der Waals surface area contributed by atoms with Crippen LogP contribution in [-0.4, -0.2) is 37.2 Å². The molecule has 400 valence electrons. The Morgan fingerprint density at radius 3 is 0.884 bits per heavy atom. The van der Waals surface area contributed by atoms with Crippen LogP contribution in [0.15, 0.2) is 60.8 Å². The lowest BCUT2D eigenvalue weighted by atomic mass is 10.0.